The number of esters is 1. The molecule has 0 unspecified atom stereocenters. The molecule has 96 valence electrons. The fourth-order valence-electron chi connectivity index (χ4n) is 1.61. The van der Waals surface area contributed by atoms with Crippen molar-refractivity contribution < 1.29 is 13.9 Å². The number of ether oxygens (including phenoxy) is 1. The highest BCUT2D eigenvalue weighted by Gasteiger charge is 2.25. The van der Waals surface area contributed by atoms with Crippen LogP contribution < -0.4 is 5.73 Å². The Bertz CT molecular complexity index is 349. The van der Waals surface area contributed by atoms with E-state index < -0.39 is 5.60 Å². The number of furan rings is 1. The van der Waals surface area contributed by atoms with Crippen LogP contribution in [0.3, 0.4) is 0 Å². The van der Waals surface area contributed by atoms with Crippen LogP contribution in [-0.4, -0.2) is 17.6 Å². The molecule has 1 aromatic heterocycles. The zero-order chi connectivity index (χ0) is 13.1. The first-order valence-electron chi connectivity index (χ1n) is 5.80. The molecule has 4 heteroatoms. The third-order valence-corrected chi connectivity index (χ3v) is 2.35. The van der Waals surface area contributed by atoms with Crippen LogP contribution in [0.15, 0.2) is 22.8 Å². The molecular weight excluding hydrogens is 218 g/mol. The first-order valence-corrected chi connectivity index (χ1v) is 5.80. The topological polar surface area (TPSA) is 65.5 Å². The molecule has 0 aliphatic heterocycles. The van der Waals surface area contributed by atoms with Crippen molar-refractivity contribution in [2.45, 2.75) is 51.7 Å². The van der Waals surface area contributed by atoms with Gasteiger partial charge in [-0.3, -0.25) is 4.79 Å². The minimum Gasteiger partial charge on any atom is -0.469 e. The van der Waals surface area contributed by atoms with Gasteiger partial charge in [-0.1, -0.05) is 0 Å². The van der Waals surface area contributed by atoms with Crippen molar-refractivity contribution in [3.63, 3.8) is 0 Å². The molecule has 4 nitrogen and oxygen atoms in total. The van der Waals surface area contributed by atoms with Gasteiger partial charge in [0.2, 0.25) is 0 Å². The number of nitrogens with two attached hydrogens (primary N) is 1. The van der Waals surface area contributed by atoms with Crippen LogP contribution in [0.5, 0.6) is 0 Å². The molecule has 1 heterocycles. The Hall–Kier alpha value is -1.29. The molecule has 0 aliphatic carbocycles. The maximum Gasteiger partial charge on any atom is 0.307 e. The van der Waals surface area contributed by atoms with Gasteiger partial charge in [-0.15, -0.1) is 0 Å². The van der Waals surface area contributed by atoms with E-state index in [-0.39, 0.29) is 24.3 Å². The van der Waals surface area contributed by atoms with Crippen molar-refractivity contribution in [3.05, 3.63) is 24.2 Å². The Morgan fingerprint density at radius 3 is 2.59 bits per heavy atom. The highest BCUT2D eigenvalue weighted by atomic mass is 16.6. The van der Waals surface area contributed by atoms with Gasteiger partial charge in [0.25, 0.3) is 0 Å². The Labute approximate surface area is 102 Å². The molecule has 0 fully saturated rings. The summed E-state index contributed by atoms with van der Waals surface area (Å²) in [7, 11) is 0. The molecule has 0 saturated carbocycles. The quantitative estimate of drug-likeness (QED) is 0.819. The largest absolute Gasteiger partial charge is 0.469 e. The van der Waals surface area contributed by atoms with Crippen molar-refractivity contribution in [3.8, 4) is 0 Å². The summed E-state index contributed by atoms with van der Waals surface area (Å²) >= 11 is 0. The number of hydrogen-bond donors (Lipinski definition) is 1. The van der Waals surface area contributed by atoms with Gasteiger partial charge in [0, 0.05) is 12.0 Å². The highest BCUT2D eigenvalue weighted by molar-refractivity contribution is 5.71. The van der Waals surface area contributed by atoms with Gasteiger partial charge in [0.15, 0.2) is 0 Å². The lowest BCUT2D eigenvalue weighted by atomic mass is 9.95. The molecule has 0 amide bonds. The molecule has 1 aromatic rings. The van der Waals surface area contributed by atoms with Crippen molar-refractivity contribution >= 4 is 5.97 Å². The molecule has 2 atom stereocenters. The smallest absolute Gasteiger partial charge is 0.307 e. The van der Waals surface area contributed by atoms with E-state index in [0.717, 1.165) is 5.76 Å². The predicted molar refractivity (Wildman–Crippen MR) is 65.6 cm³/mol. The average molecular weight is 239 g/mol. The van der Waals surface area contributed by atoms with E-state index in [1.54, 1.807) is 12.3 Å². The normalized spacial score (nSPS) is 15.4. The second kappa shape index (κ2) is 5.36. The maximum atomic E-state index is 11.7. The van der Waals surface area contributed by atoms with E-state index in [0.29, 0.717) is 0 Å². The van der Waals surface area contributed by atoms with Crippen molar-refractivity contribution in [1.82, 2.24) is 0 Å². The Morgan fingerprint density at radius 2 is 2.18 bits per heavy atom. The Kier molecular flexibility index (Phi) is 4.34. The molecule has 17 heavy (non-hydrogen) atoms. The van der Waals surface area contributed by atoms with E-state index in [2.05, 4.69) is 0 Å². The molecule has 0 radical (unpaired) electrons. The van der Waals surface area contributed by atoms with Crippen LogP contribution in [0.1, 0.15) is 45.8 Å². The minimum absolute atomic E-state index is 0.139. The van der Waals surface area contributed by atoms with Gasteiger partial charge in [-0.25, -0.2) is 0 Å². The lowest BCUT2D eigenvalue weighted by Gasteiger charge is -2.23. The highest BCUT2D eigenvalue weighted by Crippen LogP contribution is 2.24. The van der Waals surface area contributed by atoms with Crippen molar-refractivity contribution in [1.29, 1.82) is 0 Å². The van der Waals surface area contributed by atoms with Crippen molar-refractivity contribution in [2.24, 2.45) is 5.73 Å². The lowest BCUT2D eigenvalue weighted by Crippen LogP contribution is -2.30. The van der Waals surface area contributed by atoms with Gasteiger partial charge in [0.05, 0.1) is 12.7 Å². The summed E-state index contributed by atoms with van der Waals surface area (Å²) in [4.78, 5) is 11.7. The van der Waals surface area contributed by atoms with Gasteiger partial charge in [0.1, 0.15) is 11.4 Å². The monoisotopic (exact) mass is 239 g/mol. The van der Waals surface area contributed by atoms with Gasteiger partial charge >= 0.3 is 5.97 Å². The minimum atomic E-state index is -0.470. The second-order valence-corrected chi connectivity index (χ2v) is 5.27. The first kappa shape index (κ1) is 13.8. The lowest BCUT2D eigenvalue weighted by molar-refractivity contribution is -0.155. The molecule has 1 rings (SSSR count). The number of carbonyl (C=O) groups is 1. The fraction of sp³-hybridized carbons (Fsp3) is 0.615. The van der Waals surface area contributed by atoms with Crippen LogP contribution in [0, 0.1) is 0 Å². The zero-order valence-corrected chi connectivity index (χ0v) is 10.9. The first-order chi connectivity index (χ1) is 7.79. The van der Waals surface area contributed by atoms with E-state index in [4.69, 9.17) is 14.9 Å². The molecule has 2 N–H and O–H groups in total. The SMILES string of the molecule is C[C@H](N)[C@H](CC(=O)OC(C)(C)C)c1ccco1. The van der Waals surface area contributed by atoms with Gasteiger partial charge in [-0.2, -0.15) is 0 Å². The maximum absolute atomic E-state index is 11.7. The number of hydrogen-bond acceptors (Lipinski definition) is 4. The summed E-state index contributed by atoms with van der Waals surface area (Å²) in [6, 6.07) is 3.46. The van der Waals surface area contributed by atoms with Gasteiger partial charge < -0.3 is 14.9 Å². The van der Waals surface area contributed by atoms with E-state index in [1.165, 1.54) is 0 Å². The predicted octanol–water partition coefficient (Wildman–Crippen LogP) is 2.44. The standard InChI is InChI=1S/C13H21NO3/c1-9(14)10(11-6-5-7-16-11)8-12(15)17-13(2,3)4/h5-7,9-10H,8,14H2,1-4H3/t9-,10-/m0/s1. The molecule has 0 aromatic carbocycles. The Balaban J connectivity index is 2.66. The van der Waals surface area contributed by atoms with Crippen LogP contribution >= 0.6 is 0 Å². The average Bonchev–Trinajstić information content (AvgIpc) is 2.63. The fourth-order valence-corrected chi connectivity index (χ4v) is 1.61. The Morgan fingerprint density at radius 1 is 1.53 bits per heavy atom. The van der Waals surface area contributed by atoms with Crippen LogP contribution in [-0.2, 0) is 9.53 Å². The summed E-state index contributed by atoms with van der Waals surface area (Å²) in [5.74, 6) is 0.335. The summed E-state index contributed by atoms with van der Waals surface area (Å²) < 4.78 is 10.6. The second-order valence-electron chi connectivity index (χ2n) is 5.27. The molecule has 0 aliphatic rings. The summed E-state index contributed by atoms with van der Waals surface area (Å²) in [6.45, 7) is 7.40. The third kappa shape index (κ3) is 4.61. The van der Waals surface area contributed by atoms with Crippen molar-refractivity contribution in [2.75, 3.05) is 0 Å². The van der Waals surface area contributed by atoms with Crippen LogP contribution in [0.2, 0.25) is 0 Å². The summed E-state index contributed by atoms with van der Waals surface area (Å²) in [5, 5.41) is 0. The van der Waals surface area contributed by atoms with Gasteiger partial charge in [-0.05, 0) is 39.8 Å². The number of rotatable bonds is 4. The molecular formula is C13H21NO3. The van der Waals surface area contributed by atoms with Crippen LogP contribution in [0.25, 0.3) is 0 Å². The molecule has 0 bridgehead atoms. The third-order valence-electron chi connectivity index (χ3n) is 2.35. The number of carbonyl (C=O) groups excluding carboxylic acids is 1. The summed E-state index contributed by atoms with van der Waals surface area (Å²) in [6.07, 6.45) is 1.82. The van der Waals surface area contributed by atoms with E-state index in [9.17, 15) is 4.79 Å². The van der Waals surface area contributed by atoms with E-state index in [1.807, 2.05) is 33.8 Å². The summed E-state index contributed by atoms with van der Waals surface area (Å²) in [5.41, 5.74) is 5.40. The van der Waals surface area contributed by atoms with E-state index >= 15 is 0 Å². The van der Waals surface area contributed by atoms with Crippen LogP contribution in [0.4, 0.5) is 0 Å². The molecule has 0 saturated heterocycles. The molecule has 0 spiro atoms. The zero-order valence-electron chi connectivity index (χ0n) is 10.9.